The highest BCUT2D eigenvalue weighted by molar-refractivity contribution is 5.87. The van der Waals surface area contributed by atoms with Gasteiger partial charge in [0.15, 0.2) is 0 Å². The molecule has 0 spiro atoms. The maximum atomic E-state index is 10.0. The van der Waals surface area contributed by atoms with Crippen molar-refractivity contribution >= 4 is 5.71 Å². The van der Waals surface area contributed by atoms with Crippen molar-refractivity contribution < 1.29 is 19.8 Å². The van der Waals surface area contributed by atoms with Crippen LogP contribution in [-0.2, 0) is 9.47 Å². The third-order valence-electron chi connectivity index (χ3n) is 3.70. The number of oxime groups is 1. The summed E-state index contributed by atoms with van der Waals surface area (Å²) in [7, 11) is 1.63. The minimum atomic E-state index is -0.501. The zero-order chi connectivity index (χ0) is 15.0. The molecule has 0 aromatic carbocycles. The number of methoxy groups -OCH3 is 1. The van der Waals surface area contributed by atoms with Gasteiger partial charge in [-0.15, -0.1) is 0 Å². The Hall–Kier alpha value is -0.690. The second kappa shape index (κ2) is 9.28. The number of aliphatic hydroxyl groups is 1. The summed E-state index contributed by atoms with van der Waals surface area (Å²) in [4.78, 5) is 2.21. The Labute approximate surface area is 121 Å². The number of hydrogen-bond acceptors (Lipinski definition) is 6. The molecule has 2 N–H and O–H groups in total. The van der Waals surface area contributed by atoms with Crippen molar-refractivity contribution in [2.75, 3.05) is 40.0 Å². The quantitative estimate of drug-likeness (QED) is 0.514. The molecule has 6 heteroatoms. The first-order valence-electron chi connectivity index (χ1n) is 7.32. The fraction of sp³-hybridized carbons (Fsp3) is 0.929. The molecule has 0 aliphatic carbocycles. The van der Waals surface area contributed by atoms with E-state index in [4.69, 9.17) is 14.7 Å². The Morgan fingerprint density at radius 2 is 2.20 bits per heavy atom. The topological polar surface area (TPSA) is 74.5 Å². The Balaban J connectivity index is 2.30. The lowest BCUT2D eigenvalue weighted by Gasteiger charge is -2.34. The van der Waals surface area contributed by atoms with Gasteiger partial charge in [0.05, 0.1) is 31.1 Å². The van der Waals surface area contributed by atoms with E-state index in [0.29, 0.717) is 19.8 Å². The molecule has 1 rings (SSSR count). The normalized spacial score (nSPS) is 25.8. The van der Waals surface area contributed by atoms with Crippen LogP contribution in [0, 0.1) is 5.92 Å². The van der Waals surface area contributed by atoms with Gasteiger partial charge in [-0.25, -0.2) is 0 Å². The van der Waals surface area contributed by atoms with E-state index in [1.165, 1.54) is 0 Å². The first kappa shape index (κ1) is 17.4. The molecule has 118 valence electrons. The first-order chi connectivity index (χ1) is 9.60. The van der Waals surface area contributed by atoms with Crippen LogP contribution in [0.15, 0.2) is 5.16 Å². The van der Waals surface area contributed by atoms with Gasteiger partial charge in [-0.05, 0) is 13.3 Å². The highest BCUT2D eigenvalue weighted by Gasteiger charge is 2.26. The Morgan fingerprint density at radius 3 is 2.80 bits per heavy atom. The summed E-state index contributed by atoms with van der Waals surface area (Å²) in [5.41, 5.74) is 0.878. The molecule has 6 nitrogen and oxygen atoms in total. The largest absolute Gasteiger partial charge is 0.411 e. The molecule has 0 aromatic heterocycles. The van der Waals surface area contributed by atoms with Gasteiger partial charge in [0.2, 0.25) is 0 Å². The van der Waals surface area contributed by atoms with E-state index in [1.54, 1.807) is 7.11 Å². The Bertz CT molecular complexity index is 299. The molecule has 0 saturated carbocycles. The summed E-state index contributed by atoms with van der Waals surface area (Å²) in [5.74, 6) is 0.286. The zero-order valence-corrected chi connectivity index (χ0v) is 12.8. The second-order valence-corrected chi connectivity index (χ2v) is 5.46. The molecule has 1 heterocycles. The van der Waals surface area contributed by atoms with Crippen LogP contribution in [0.3, 0.4) is 0 Å². The molecular weight excluding hydrogens is 260 g/mol. The Kier molecular flexibility index (Phi) is 8.06. The highest BCUT2D eigenvalue weighted by Crippen LogP contribution is 2.17. The number of hydrogen-bond donors (Lipinski definition) is 2. The minimum absolute atomic E-state index is 0.00692. The number of ether oxygens (including phenoxy) is 2. The molecule has 1 saturated heterocycles. The summed E-state index contributed by atoms with van der Waals surface area (Å²) in [6, 6.07) is 0. The number of nitrogens with zero attached hydrogens (tertiary/aromatic N) is 2. The summed E-state index contributed by atoms with van der Waals surface area (Å²) in [6.07, 6.45) is 1.21. The van der Waals surface area contributed by atoms with Gasteiger partial charge in [-0.2, -0.15) is 0 Å². The monoisotopic (exact) mass is 288 g/mol. The fourth-order valence-electron chi connectivity index (χ4n) is 2.56. The van der Waals surface area contributed by atoms with Gasteiger partial charge in [0.25, 0.3) is 0 Å². The zero-order valence-electron chi connectivity index (χ0n) is 12.8. The SMILES string of the molecule is CCC1CN(CC(O)COC(C)COC)CCC1=NO. The number of β-amino-alcohol motifs (C(OH)–C–C–N with tert-alkyl or cyclic N) is 1. The number of likely N-dealkylation sites (tertiary alicyclic amines) is 1. The van der Waals surface area contributed by atoms with E-state index < -0.39 is 6.10 Å². The van der Waals surface area contributed by atoms with E-state index in [2.05, 4.69) is 17.0 Å². The molecule has 0 radical (unpaired) electrons. The molecule has 1 fully saturated rings. The van der Waals surface area contributed by atoms with Crippen molar-refractivity contribution in [3.63, 3.8) is 0 Å². The number of piperidine rings is 1. The van der Waals surface area contributed by atoms with E-state index >= 15 is 0 Å². The average molecular weight is 288 g/mol. The molecule has 0 bridgehead atoms. The van der Waals surface area contributed by atoms with Crippen LogP contribution < -0.4 is 0 Å². The number of aliphatic hydroxyl groups excluding tert-OH is 1. The lowest BCUT2D eigenvalue weighted by atomic mass is 9.93. The maximum Gasteiger partial charge on any atom is 0.0900 e. The van der Waals surface area contributed by atoms with Crippen LogP contribution in [-0.4, -0.2) is 73.1 Å². The molecular formula is C14H28N2O4. The molecule has 3 atom stereocenters. The summed E-state index contributed by atoms with van der Waals surface area (Å²) in [5, 5.41) is 22.3. The van der Waals surface area contributed by atoms with Crippen molar-refractivity contribution in [3.05, 3.63) is 0 Å². The van der Waals surface area contributed by atoms with Gasteiger partial charge in [-0.3, -0.25) is 4.90 Å². The van der Waals surface area contributed by atoms with Gasteiger partial charge < -0.3 is 19.8 Å². The third kappa shape index (κ3) is 5.75. The van der Waals surface area contributed by atoms with Gasteiger partial charge >= 0.3 is 0 Å². The van der Waals surface area contributed by atoms with E-state index in [1.807, 2.05) is 6.92 Å². The van der Waals surface area contributed by atoms with Gasteiger partial charge in [0, 0.05) is 39.1 Å². The number of rotatable bonds is 8. The second-order valence-electron chi connectivity index (χ2n) is 5.46. The molecule has 1 aliphatic heterocycles. The van der Waals surface area contributed by atoms with Crippen molar-refractivity contribution in [1.29, 1.82) is 0 Å². The molecule has 1 aliphatic rings. The van der Waals surface area contributed by atoms with Crippen LogP contribution in [0.4, 0.5) is 0 Å². The smallest absolute Gasteiger partial charge is 0.0900 e. The maximum absolute atomic E-state index is 10.0. The van der Waals surface area contributed by atoms with Gasteiger partial charge in [0.1, 0.15) is 0 Å². The van der Waals surface area contributed by atoms with Crippen molar-refractivity contribution in [1.82, 2.24) is 4.90 Å². The van der Waals surface area contributed by atoms with Crippen molar-refractivity contribution in [2.45, 2.75) is 38.9 Å². The van der Waals surface area contributed by atoms with Crippen LogP contribution >= 0.6 is 0 Å². The highest BCUT2D eigenvalue weighted by atomic mass is 16.5. The predicted octanol–water partition coefficient (Wildman–Crippen LogP) is 0.961. The standard InChI is InChI=1S/C14H28N2O4/c1-4-12-7-16(6-5-14(12)15-18)8-13(17)10-20-11(2)9-19-3/h11-13,17-18H,4-10H2,1-3H3. The van der Waals surface area contributed by atoms with Crippen molar-refractivity contribution in [3.8, 4) is 0 Å². The lowest BCUT2D eigenvalue weighted by Crippen LogP contribution is -2.45. The molecule has 20 heavy (non-hydrogen) atoms. The minimum Gasteiger partial charge on any atom is -0.411 e. The molecule has 0 aromatic rings. The fourth-order valence-corrected chi connectivity index (χ4v) is 2.56. The molecule has 0 amide bonds. The average Bonchev–Trinajstić information content (AvgIpc) is 2.45. The lowest BCUT2D eigenvalue weighted by molar-refractivity contribution is -0.0405. The Morgan fingerprint density at radius 1 is 1.45 bits per heavy atom. The van der Waals surface area contributed by atoms with Crippen LogP contribution in [0.1, 0.15) is 26.7 Å². The third-order valence-corrected chi connectivity index (χ3v) is 3.70. The molecule has 3 unspecified atom stereocenters. The van der Waals surface area contributed by atoms with Crippen LogP contribution in [0.2, 0.25) is 0 Å². The summed E-state index contributed by atoms with van der Waals surface area (Å²) >= 11 is 0. The predicted molar refractivity (Wildman–Crippen MR) is 77.4 cm³/mol. The van der Waals surface area contributed by atoms with Gasteiger partial charge in [-0.1, -0.05) is 12.1 Å². The van der Waals surface area contributed by atoms with Crippen LogP contribution in [0.5, 0.6) is 0 Å². The van der Waals surface area contributed by atoms with Crippen LogP contribution in [0.25, 0.3) is 0 Å². The van der Waals surface area contributed by atoms with Crippen molar-refractivity contribution in [2.24, 2.45) is 11.1 Å². The summed E-state index contributed by atoms with van der Waals surface area (Å²) in [6.45, 7) is 7.11. The summed E-state index contributed by atoms with van der Waals surface area (Å²) < 4.78 is 10.5. The first-order valence-corrected chi connectivity index (χ1v) is 7.32. The van der Waals surface area contributed by atoms with E-state index in [9.17, 15) is 5.11 Å². The van der Waals surface area contributed by atoms with E-state index in [0.717, 1.165) is 31.6 Å². The van der Waals surface area contributed by atoms with E-state index in [-0.39, 0.29) is 12.0 Å².